The standard InChI is InChI=1S/C12H27NS/c1-6-10(3)9-14-12(5)8-11(4)13-7-2/h10-13H,6-9H2,1-5H3. The lowest BCUT2D eigenvalue weighted by atomic mass is 10.2. The van der Waals surface area contributed by atoms with Crippen molar-refractivity contribution in [2.45, 2.75) is 58.8 Å². The molecule has 0 fully saturated rings. The molecule has 0 aliphatic carbocycles. The number of thioether (sulfide) groups is 1. The molecule has 0 bridgehead atoms. The molecular formula is C12H27NS. The van der Waals surface area contributed by atoms with Gasteiger partial charge in [0.15, 0.2) is 0 Å². The van der Waals surface area contributed by atoms with E-state index >= 15 is 0 Å². The summed E-state index contributed by atoms with van der Waals surface area (Å²) in [7, 11) is 0. The Balaban J connectivity index is 3.49. The van der Waals surface area contributed by atoms with Gasteiger partial charge in [-0.2, -0.15) is 11.8 Å². The monoisotopic (exact) mass is 217 g/mol. The summed E-state index contributed by atoms with van der Waals surface area (Å²) >= 11 is 2.12. The molecule has 0 aromatic carbocycles. The van der Waals surface area contributed by atoms with Crippen LogP contribution >= 0.6 is 11.8 Å². The van der Waals surface area contributed by atoms with Gasteiger partial charge in [0.05, 0.1) is 0 Å². The molecule has 2 heteroatoms. The second kappa shape index (κ2) is 8.60. The van der Waals surface area contributed by atoms with Crippen molar-refractivity contribution in [2.24, 2.45) is 5.92 Å². The van der Waals surface area contributed by atoms with Crippen LogP contribution in [0.5, 0.6) is 0 Å². The first-order valence-corrected chi connectivity index (χ1v) is 6.99. The summed E-state index contributed by atoms with van der Waals surface area (Å²) in [4.78, 5) is 0. The Hall–Kier alpha value is 0.310. The summed E-state index contributed by atoms with van der Waals surface area (Å²) in [5.74, 6) is 2.19. The topological polar surface area (TPSA) is 12.0 Å². The molecule has 0 spiro atoms. The van der Waals surface area contributed by atoms with Gasteiger partial charge in [0.25, 0.3) is 0 Å². The van der Waals surface area contributed by atoms with Crippen LogP contribution in [0.2, 0.25) is 0 Å². The van der Waals surface area contributed by atoms with Gasteiger partial charge in [0.1, 0.15) is 0 Å². The van der Waals surface area contributed by atoms with E-state index < -0.39 is 0 Å². The zero-order valence-corrected chi connectivity index (χ0v) is 11.3. The molecule has 0 aromatic heterocycles. The Morgan fingerprint density at radius 2 is 1.79 bits per heavy atom. The van der Waals surface area contributed by atoms with Crippen LogP contribution in [0.25, 0.3) is 0 Å². The van der Waals surface area contributed by atoms with Gasteiger partial charge in [-0.25, -0.2) is 0 Å². The van der Waals surface area contributed by atoms with E-state index in [1.54, 1.807) is 0 Å². The molecule has 14 heavy (non-hydrogen) atoms. The Morgan fingerprint density at radius 3 is 2.29 bits per heavy atom. The van der Waals surface area contributed by atoms with Crippen LogP contribution in [-0.2, 0) is 0 Å². The van der Waals surface area contributed by atoms with Crippen LogP contribution in [0.1, 0.15) is 47.5 Å². The normalized spacial score (nSPS) is 17.8. The van der Waals surface area contributed by atoms with Gasteiger partial charge in [0.2, 0.25) is 0 Å². The third-order valence-electron chi connectivity index (χ3n) is 2.60. The van der Waals surface area contributed by atoms with Crippen molar-refractivity contribution in [2.75, 3.05) is 12.3 Å². The Labute approximate surface area is 94.4 Å². The molecule has 3 unspecified atom stereocenters. The lowest BCUT2D eigenvalue weighted by Crippen LogP contribution is -2.28. The smallest absolute Gasteiger partial charge is 0.00490 e. The predicted octanol–water partition coefficient (Wildman–Crippen LogP) is 3.54. The highest BCUT2D eigenvalue weighted by Crippen LogP contribution is 2.20. The highest BCUT2D eigenvalue weighted by molar-refractivity contribution is 7.99. The molecule has 0 amide bonds. The van der Waals surface area contributed by atoms with Gasteiger partial charge in [0, 0.05) is 11.3 Å². The summed E-state index contributed by atoms with van der Waals surface area (Å²) in [6.07, 6.45) is 2.59. The molecule has 0 aliphatic rings. The molecule has 1 nitrogen and oxygen atoms in total. The van der Waals surface area contributed by atoms with E-state index in [2.05, 4.69) is 51.7 Å². The average molecular weight is 217 g/mol. The molecule has 0 saturated carbocycles. The van der Waals surface area contributed by atoms with Gasteiger partial charge >= 0.3 is 0 Å². The molecular weight excluding hydrogens is 190 g/mol. The van der Waals surface area contributed by atoms with Crippen LogP contribution in [0.3, 0.4) is 0 Å². The van der Waals surface area contributed by atoms with Crippen molar-refractivity contribution in [3.63, 3.8) is 0 Å². The summed E-state index contributed by atoms with van der Waals surface area (Å²) in [5.41, 5.74) is 0. The summed E-state index contributed by atoms with van der Waals surface area (Å²) in [5, 5.41) is 4.25. The number of hydrogen-bond acceptors (Lipinski definition) is 2. The molecule has 0 rings (SSSR count). The fraction of sp³-hybridized carbons (Fsp3) is 1.00. The highest BCUT2D eigenvalue weighted by atomic mass is 32.2. The van der Waals surface area contributed by atoms with Gasteiger partial charge in [-0.3, -0.25) is 0 Å². The Bertz CT molecular complexity index is 127. The third-order valence-corrected chi connectivity index (χ3v) is 4.12. The molecule has 86 valence electrons. The molecule has 0 saturated heterocycles. The number of nitrogens with one attached hydrogen (secondary N) is 1. The zero-order chi connectivity index (χ0) is 11.0. The third kappa shape index (κ3) is 7.69. The fourth-order valence-electron chi connectivity index (χ4n) is 1.44. The SMILES string of the molecule is CCNC(C)CC(C)SCC(C)CC. The van der Waals surface area contributed by atoms with E-state index in [4.69, 9.17) is 0 Å². The van der Waals surface area contributed by atoms with Crippen LogP contribution in [0, 0.1) is 5.92 Å². The second-order valence-corrected chi connectivity index (χ2v) is 5.82. The first-order valence-electron chi connectivity index (χ1n) is 5.95. The van der Waals surface area contributed by atoms with Crippen LogP contribution in [0.15, 0.2) is 0 Å². The van der Waals surface area contributed by atoms with E-state index in [1.165, 1.54) is 18.6 Å². The molecule has 0 aromatic rings. The van der Waals surface area contributed by atoms with E-state index in [0.717, 1.165) is 17.7 Å². The van der Waals surface area contributed by atoms with Crippen LogP contribution in [0.4, 0.5) is 0 Å². The van der Waals surface area contributed by atoms with Crippen molar-refractivity contribution in [1.29, 1.82) is 0 Å². The van der Waals surface area contributed by atoms with Gasteiger partial charge in [-0.05, 0) is 31.6 Å². The van der Waals surface area contributed by atoms with E-state index in [1.807, 2.05) is 0 Å². The quantitative estimate of drug-likeness (QED) is 0.667. The minimum atomic E-state index is 0.666. The largest absolute Gasteiger partial charge is 0.314 e. The first-order chi connectivity index (χ1) is 6.60. The van der Waals surface area contributed by atoms with E-state index in [-0.39, 0.29) is 0 Å². The van der Waals surface area contributed by atoms with Crippen molar-refractivity contribution >= 4 is 11.8 Å². The van der Waals surface area contributed by atoms with Crippen LogP contribution < -0.4 is 5.32 Å². The van der Waals surface area contributed by atoms with Crippen LogP contribution in [-0.4, -0.2) is 23.6 Å². The van der Waals surface area contributed by atoms with Gasteiger partial charge in [-0.1, -0.05) is 34.1 Å². The maximum absolute atomic E-state index is 3.46. The minimum absolute atomic E-state index is 0.666. The minimum Gasteiger partial charge on any atom is -0.314 e. The zero-order valence-electron chi connectivity index (χ0n) is 10.5. The summed E-state index contributed by atoms with van der Waals surface area (Å²) in [6, 6.07) is 0.666. The number of hydrogen-bond donors (Lipinski definition) is 1. The summed E-state index contributed by atoms with van der Waals surface area (Å²) < 4.78 is 0. The van der Waals surface area contributed by atoms with E-state index in [9.17, 15) is 0 Å². The first kappa shape index (κ1) is 14.3. The maximum Gasteiger partial charge on any atom is 0.00490 e. The molecule has 1 N–H and O–H groups in total. The van der Waals surface area contributed by atoms with E-state index in [0.29, 0.717) is 6.04 Å². The summed E-state index contributed by atoms with van der Waals surface area (Å²) in [6.45, 7) is 12.5. The fourth-order valence-corrected chi connectivity index (χ4v) is 2.76. The highest BCUT2D eigenvalue weighted by Gasteiger charge is 2.09. The van der Waals surface area contributed by atoms with Gasteiger partial charge in [-0.15, -0.1) is 0 Å². The molecule has 0 aliphatic heterocycles. The average Bonchev–Trinajstić information content (AvgIpc) is 2.14. The molecule has 0 radical (unpaired) electrons. The second-order valence-electron chi connectivity index (χ2n) is 4.35. The maximum atomic E-state index is 3.46. The van der Waals surface area contributed by atoms with Crippen molar-refractivity contribution in [3.05, 3.63) is 0 Å². The van der Waals surface area contributed by atoms with Gasteiger partial charge < -0.3 is 5.32 Å². The molecule has 3 atom stereocenters. The predicted molar refractivity (Wildman–Crippen MR) is 69.1 cm³/mol. The van der Waals surface area contributed by atoms with Crippen molar-refractivity contribution < 1.29 is 0 Å². The van der Waals surface area contributed by atoms with Crippen molar-refractivity contribution in [1.82, 2.24) is 5.32 Å². The molecule has 0 heterocycles. The van der Waals surface area contributed by atoms with Crippen molar-refractivity contribution in [3.8, 4) is 0 Å². The number of rotatable bonds is 8. The lowest BCUT2D eigenvalue weighted by molar-refractivity contribution is 0.529. The Kier molecular flexibility index (Phi) is 8.80. The Morgan fingerprint density at radius 1 is 1.14 bits per heavy atom. The lowest BCUT2D eigenvalue weighted by Gasteiger charge is -2.18.